The Hall–Kier alpha value is -1.12. The fourth-order valence-corrected chi connectivity index (χ4v) is 3.21. The summed E-state index contributed by atoms with van der Waals surface area (Å²) < 4.78 is 0. The third-order valence-corrected chi connectivity index (χ3v) is 4.60. The zero-order valence-electron chi connectivity index (χ0n) is 12.2. The van der Waals surface area contributed by atoms with E-state index in [2.05, 4.69) is 25.2 Å². The molecule has 0 aromatic carbocycles. The fraction of sp³-hybridized carbons (Fsp3) is 0.750. The van der Waals surface area contributed by atoms with Gasteiger partial charge in [0.15, 0.2) is 0 Å². The zero-order chi connectivity index (χ0) is 13.2. The molecule has 0 saturated heterocycles. The van der Waals surface area contributed by atoms with Gasteiger partial charge in [0.25, 0.3) is 0 Å². The third-order valence-electron chi connectivity index (χ3n) is 4.60. The maximum Gasteiger partial charge on any atom is 0.134 e. The van der Waals surface area contributed by atoms with Crippen molar-refractivity contribution in [2.75, 3.05) is 11.9 Å². The highest BCUT2D eigenvalue weighted by atomic mass is 15.0. The minimum atomic E-state index is 0.598. The van der Waals surface area contributed by atoms with E-state index in [1.807, 2.05) is 0 Å². The monoisotopic (exact) mass is 259 g/mol. The summed E-state index contributed by atoms with van der Waals surface area (Å²) >= 11 is 0. The van der Waals surface area contributed by atoms with Crippen LogP contribution in [0.15, 0.2) is 6.07 Å². The molecule has 2 aliphatic carbocycles. The van der Waals surface area contributed by atoms with Crippen LogP contribution in [0.3, 0.4) is 0 Å². The lowest BCUT2D eigenvalue weighted by atomic mass is 10.0. The Morgan fingerprint density at radius 2 is 1.89 bits per heavy atom. The van der Waals surface area contributed by atoms with Crippen molar-refractivity contribution in [3.05, 3.63) is 17.6 Å². The second kappa shape index (κ2) is 5.48. The molecule has 0 amide bonds. The molecule has 2 unspecified atom stereocenters. The van der Waals surface area contributed by atoms with Crippen LogP contribution in [0, 0.1) is 5.92 Å². The molecular formula is C16H25N3. The van der Waals surface area contributed by atoms with Crippen LogP contribution in [0.1, 0.15) is 75.7 Å². The van der Waals surface area contributed by atoms with Crippen molar-refractivity contribution in [3.63, 3.8) is 0 Å². The van der Waals surface area contributed by atoms with Crippen molar-refractivity contribution in [2.24, 2.45) is 5.92 Å². The maximum absolute atomic E-state index is 4.88. The summed E-state index contributed by atoms with van der Waals surface area (Å²) in [7, 11) is 0. The lowest BCUT2D eigenvalue weighted by molar-refractivity contribution is 0.516. The summed E-state index contributed by atoms with van der Waals surface area (Å²) in [5.41, 5.74) is 1.28. The summed E-state index contributed by atoms with van der Waals surface area (Å²) in [5, 5.41) is 3.37. The van der Waals surface area contributed by atoms with Gasteiger partial charge in [0.1, 0.15) is 11.6 Å². The minimum absolute atomic E-state index is 0.598. The molecule has 1 N–H and O–H groups in total. The molecule has 0 spiro atoms. The average molecular weight is 259 g/mol. The first-order valence-electron chi connectivity index (χ1n) is 7.92. The van der Waals surface area contributed by atoms with Gasteiger partial charge in [-0.3, -0.25) is 0 Å². The molecule has 2 saturated carbocycles. The first-order chi connectivity index (χ1) is 9.30. The summed E-state index contributed by atoms with van der Waals surface area (Å²) in [6.07, 6.45) is 7.84. The van der Waals surface area contributed by atoms with Gasteiger partial charge in [0.2, 0.25) is 0 Å². The normalized spacial score (nSPS) is 26.6. The quantitative estimate of drug-likeness (QED) is 0.865. The van der Waals surface area contributed by atoms with E-state index in [1.54, 1.807) is 0 Å². The molecular weight excluding hydrogens is 234 g/mol. The molecule has 1 aromatic heterocycles. The van der Waals surface area contributed by atoms with Crippen molar-refractivity contribution in [2.45, 2.75) is 64.2 Å². The molecule has 3 heteroatoms. The molecule has 19 heavy (non-hydrogen) atoms. The molecule has 3 rings (SSSR count). The Bertz CT molecular complexity index is 440. The molecule has 104 valence electrons. The van der Waals surface area contributed by atoms with Gasteiger partial charge in [-0.05, 0) is 44.9 Å². The van der Waals surface area contributed by atoms with Crippen LogP contribution in [0.5, 0.6) is 0 Å². The van der Waals surface area contributed by atoms with Crippen molar-refractivity contribution in [1.29, 1.82) is 0 Å². The average Bonchev–Trinajstić information content (AvgIpc) is 3.16. The van der Waals surface area contributed by atoms with Crippen molar-refractivity contribution in [1.82, 2.24) is 9.97 Å². The smallest absolute Gasteiger partial charge is 0.134 e. The number of rotatable bonds is 5. The van der Waals surface area contributed by atoms with Gasteiger partial charge in [-0.25, -0.2) is 9.97 Å². The summed E-state index contributed by atoms with van der Waals surface area (Å²) in [5.74, 6) is 4.34. The van der Waals surface area contributed by atoms with Crippen LogP contribution in [-0.4, -0.2) is 16.5 Å². The van der Waals surface area contributed by atoms with Gasteiger partial charge in [-0.1, -0.05) is 13.3 Å². The number of nitrogens with zero attached hydrogens (tertiary/aromatic N) is 2. The zero-order valence-corrected chi connectivity index (χ0v) is 12.2. The first kappa shape index (κ1) is 12.9. The highest BCUT2D eigenvalue weighted by molar-refractivity contribution is 5.38. The highest BCUT2D eigenvalue weighted by Crippen LogP contribution is 2.42. The number of hydrogen-bond acceptors (Lipinski definition) is 3. The molecule has 0 radical (unpaired) electrons. The van der Waals surface area contributed by atoms with E-state index >= 15 is 0 Å². The fourth-order valence-electron chi connectivity index (χ4n) is 3.21. The molecule has 1 aromatic rings. The van der Waals surface area contributed by atoms with E-state index in [0.717, 1.165) is 24.1 Å². The second-order valence-corrected chi connectivity index (χ2v) is 6.13. The highest BCUT2D eigenvalue weighted by Gasteiger charge is 2.30. The Morgan fingerprint density at radius 1 is 1.11 bits per heavy atom. The van der Waals surface area contributed by atoms with Crippen LogP contribution in [0.2, 0.25) is 0 Å². The lowest BCUT2D eigenvalue weighted by Gasteiger charge is -2.13. The van der Waals surface area contributed by atoms with Gasteiger partial charge in [0, 0.05) is 30.1 Å². The molecule has 2 atom stereocenters. The first-order valence-corrected chi connectivity index (χ1v) is 7.92. The standard InChI is InChI=1S/C16H25N3/c1-3-11-5-6-13(9-11)16-18-14(12-7-8-12)10-15(19-16)17-4-2/h10-13H,3-9H2,1-2H3,(H,17,18,19). The van der Waals surface area contributed by atoms with E-state index in [9.17, 15) is 0 Å². The van der Waals surface area contributed by atoms with Crippen molar-refractivity contribution < 1.29 is 0 Å². The number of hydrogen-bond donors (Lipinski definition) is 1. The third kappa shape index (κ3) is 2.90. The van der Waals surface area contributed by atoms with Gasteiger partial charge in [-0.2, -0.15) is 0 Å². The van der Waals surface area contributed by atoms with E-state index in [4.69, 9.17) is 9.97 Å². The number of aromatic nitrogens is 2. The van der Waals surface area contributed by atoms with Crippen molar-refractivity contribution in [3.8, 4) is 0 Å². The molecule has 0 aliphatic heterocycles. The van der Waals surface area contributed by atoms with Gasteiger partial charge in [-0.15, -0.1) is 0 Å². The van der Waals surface area contributed by atoms with Crippen LogP contribution in [-0.2, 0) is 0 Å². The molecule has 3 nitrogen and oxygen atoms in total. The molecule has 2 fully saturated rings. The predicted molar refractivity (Wildman–Crippen MR) is 78.5 cm³/mol. The van der Waals surface area contributed by atoms with E-state index in [1.165, 1.54) is 44.2 Å². The SMILES string of the molecule is CCNc1cc(C2CC2)nc(C2CCC(CC)C2)n1. The second-order valence-electron chi connectivity index (χ2n) is 6.13. The molecule has 1 heterocycles. The van der Waals surface area contributed by atoms with E-state index in [-0.39, 0.29) is 0 Å². The summed E-state index contributed by atoms with van der Waals surface area (Å²) in [4.78, 5) is 9.64. The topological polar surface area (TPSA) is 37.8 Å². The van der Waals surface area contributed by atoms with Crippen LogP contribution in [0.4, 0.5) is 5.82 Å². The minimum Gasteiger partial charge on any atom is -0.370 e. The Labute approximate surface area is 116 Å². The number of nitrogens with one attached hydrogen (secondary N) is 1. The van der Waals surface area contributed by atoms with Crippen LogP contribution in [0.25, 0.3) is 0 Å². The van der Waals surface area contributed by atoms with Crippen LogP contribution < -0.4 is 5.32 Å². The van der Waals surface area contributed by atoms with Gasteiger partial charge in [0.05, 0.1) is 0 Å². The number of anilines is 1. The summed E-state index contributed by atoms with van der Waals surface area (Å²) in [6, 6.07) is 2.16. The predicted octanol–water partition coefficient (Wildman–Crippen LogP) is 4.08. The Morgan fingerprint density at radius 3 is 2.53 bits per heavy atom. The Balaban J connectivity index is 1.83. The van der Waals surface area contributed by atoms with Gasteiger partial charge < -0.3 is 5.32 Å². The van der Waals surface area contributed by atoms with Crippen LogP contribution >= 0.6 is 0 Å². The van der Waals surface area contributed by atoms with Gasteiger partial charge >= 0.3 is 0 Å². The maximum atomic E-state index is 4.88. The van der Waals surface area contributed by atoms with Crippen molar-refractivity contribution >= 4 is 5.82 Å². The molecule has 0 bridgehead atoms. The Kier molecular flexibility index (Phi) is 3.72. The van der Waals surface area contributed by atoms with E-state index < -0.39 is 0 Å². The summed E-state index contributed by atoms with van der Waals surface area (Å²) in [6.45, 7) is 5.36. The largest absolute Gasteiger partial charge is 0.370 e. The van der Waals surface area contributed by atoms with E-state index in [0.29, 0.717) is 11.8 Å². The molecule has 2 aliphatic rings. The lowest BCUT2D eigenvalue weighted by Crippen LogP contribution is -2.08.